The van der Waals surface area contributed by atoms with Gasteiger partial charge in [-0.3, -0.25) is 9.69 Å². The zero-order valence-corrected chi connectivity index (χ0v) is 13.9. The molecule has 7 heteroatoms. The molecule has 1 N–H and O–H groups in total. The van der Waals surface area contributed by atoms with Crippen molar-refractivity contribution in [2.24, 2.45) is 0 Å². The summed E-state index contributed by atoms with van der Waals surface area (Å²) in [4.78, 5) is 18.4. The molecule has 1 fully saturated rings. The number of amides is 1. The number of likely N-dealkylation sites (N-methyl/N-ethyl adjacent to an activating group) is 3. The summed E-state index contributed by atoms with van der Waals surface area (Å²) in [5, 5.41) is 3.06. The zero-order chi connectivity index (χ0) is 12.7. The maximum atomic E-state index is 11.9. The molecule has 0 aliphatic carbocycles. The van der Waals surface area contributed by atoms with Crippen LogP contribution in [0, 0.1) is 0 Å². The molecule has 0 aromatic rings. The third kappa shape index (κ3) is 7.95. The number of carbonyl (C=O) groups is 1. The number of hydrogen-bond donors (Lipinski definition) is 1. The fraction of sp³-hybridized carbons (Fsp3) is 0.917. The Labute approximate surface area is 129 Å². The Morgan fingerprint density at radius 3 is 2.16 bits per heavy atom. The molecule has 1 heterocycles. The fourth-order valence-corrected chi connectivity index (χ4v) is 1.98. The molecule has 0 atom stereocenters. The Balaban J connectivity index is 0. The molecule has 116 valence electrons. The molecule has 1 aliphatic heterocycles. The summed E-state index contributed by atoms with van der Waals surface area (Å²) < 4.78 is 0. The van der Waals surface area contributed by atoms with E-state index in [0.29, 0.717) is 6.54 Å². The van der Waals surface area contributed by atoms with Crippen molar-refractivity contribution < 1.29 is 4.79 Å². The fourth-order valence-electron chi connectivity index (χ4n) is 1.98. The number of halogens is 2. The molecule has 0 aromatic heterocycles. The lowest BCUT2D eigenvalue weighted by Crippen LogP contribution is -2.49. The Morgan fingerprint density at radius 1 is 1.16 bits per heavy atom. The molecule has 5 nitrogen and oxygen atoms in total. The largest absolute Gasteiger partial charge is 0.343 e. The molecule has 0 unspecified atom stereocenters. The van der Waals surface area contributed by atoms with Gasteiger partial charge in [0, 0.05) is 46.3 Å². The van der Waals surface area contributed by atoms with Crippen molar-refractivity contribution >= 4 is 30.7 Å². The Morgan fingerprint density at radius 2 is 1.68 bits per heavy atom. The number of carbonyl (C=O) groups excluding carboxylic acids is 1. The van der Waals surface area contributed by atoms with Crippen LogP contribution in [0.3, 0.4) is 0 Å². The van der Waals surface area contributed by atoms with Gasteiger partial charge in [0.05, 0.1) is 6.54 Å². The maximum absolute atomic E-state index is 11.9. The monoisotopic (exact) mass is 314 g/mol. The van der Waals surface area contributed by atoms with Crippen LogP contribution in [0.15, 0.2) is 0 Å². The van der Waals surface area contributed by atoms with E-state index in [4.69, 9.17) is 0 Å². The van der Waals surface area contributed by atoms with Crippen molar-refractivity contribution in [3.05, 3.63) is 0 Å². The average Bonchev–Trinajstić information content (AvgIpc) is 2.36. The minimum atomic E-state index is 0. The predicted molar refractivity (Wildman–Crippen MR) is 84.6 cm³/mol. The second kappa shape index (κ2) is 11.7. The first-order valence-corrected chi connectivity index (χ1v) is 6.50. The van der Waals surface area contributed by atoms with Crippen LogP contribution in [-0.2, 0) is 4.79 Å². The van der Waals surface area contributed by atoms with E-state index in [1.807, 2.05) is 19.0 Å². The lowest BCUT2D eigenvalue weighted by atomic mass is 10.3. The molecule has 0 saturated carbocycles. The van der Waals surface area contributed by atoms with E-state index in [9.17, 15) is 4.79 Å². The van der Waals surface area contributed by atoms with E-state index in [0.717, 1.165) is 45.8 Å². The second-order valence-electron chi connectivity index (χ2n) is 4.63. The number of nitrogens with zero attached hydrogens (tertiary/aromatic N) is 3. The van der Waals surface area contributed by atoms with Gasteiger partial charge in [0.2, 0.25) is 5.91 Å². The van der Waals surface area contributed by atoms with Crippen LogP contribution >= 0.6 is 24.8 Å². The summed E-state index contributed by atoms with van der Waals surface area (Å²) >= 11 is 0. The molecule has 0 aromatic carbocycles. The van der Waals surface area contributed by atoms with Gasteiger partial charge < -0.3 is 15.1 Å². The molecule has 1 amide bonds. The quantitative estimate of drug-likeness (QED) is 0.757. The van der Waals surface area contributed by atoms with Crippen molar-refractivity contribution in [2.45, 2.75) is 6.92 Å². The highest BCUT2D eigenvalue weighted by molar-refractivity contribution is 5.85. The first kappa shape index (κ1) is 21.2. The molecule has 0 radical (unpaired) electrons. The highest BCUT2D eigenvalue weighted by atomic mass is 35.5. The van der Waals surface area contributed by atoms with E-state index < -0.39 is 0 Å². The third-order valence-corrected chi connectivity index (χ3v) is 3.39. The molecular formula is C12H28Cl2N4O. The first-order valence-electron chi connectivity index (χ1n) is 6.50. The highest BCUT2D eigenvalue weighted by Crippen LogP contribution is 2.01. The van der Waals surface area contributed by atoms with Crippen LogP contribution in [0.2, 0.25) is 0 Å². The van der Waals surface area contributed by atoms with Crippen molar-refractivity contribution in [3.63, 3.8) is 0 Å². The second-order valence-corrected chi connectivity index (χ2v) is 4.63. The van der Waals surface area contributed by atoms with Gasteiger partial charge >= 0.3 is 0 Å². The van der Waals surface area contributed by atoms with E-state index in [1.165, 1.54) is 0 Å². The molecule has 0 bridgehead atoms. The summed E-state index contributed by atoms with van der Waals surface area (Å²) in [6.45, 7) is 9.71. The van der Waals surface area contributed by atoms with Crippen molar-refractivity contribution in [1.29, 1.82) is 0 Å². The lowest BCUT2D eigenvalue weighted by molar-refractivity contribution is -0.131. The molecule has 19 heavy (non-hydrogen) atoms. The van der Waals surface area contributed by atoms with Gasteiger partial charge in [-0.15, -0.1) is 24.8 Å². The van der Waals surface area contributed by atoms with Crippen LogP contribution < -0.4 is 5.32 Å². The van der Waals surface area contributed by atoms with E-state index >= 15 is 0 Å². The molecule has 1 saturated heterocycles. The Hall–Kier alpha value is -0.0700. The van der Waals surface area contributed by atoms with Crippen LogP contribution in [0.1, 0.15) is 6.92 Å². The lowest BCUT2D eigenvalue weighted by Gasteiger charge is -2.34. The number of hydrogen-bond acceptors (Lipinski definition) is 4. The summed E-state index contributed by atoms with van der Waals surface area (Å²) in [7, 11) is 3.78. The van der Waals surface area contributed by atoms with Crippen LogP contribution in [0.5, 0.6) is 0 Å². The molecule has 1 rings (SSSR count). The SMILES string of the molecule is CCN1CCN(CC(=O)N(C)CCNC)CC1.Cl.Cl. The number of rotatable bonds is 6. The zero-order valence-electron chi connectivity index (χ0n) is 12.2. The topological polar surface area (TPSA) is 38.8 Å². The normalized spacial score (nSPS) is 16.4. The highest BCUT2D eigenvalue weighted by Gasteiger charge is 2.19. The first-order chi connectivity index (χ1) is 8.17. The minimum absolute atomic E-state index is 0. The summed E-state index contributed by atoms with van der Waals surface area (Å²) in [6, 6.07) is 0. The summed E-state index contributed by atoms with van der Waals surface area (Å²) in [6.07, 6.45) is 0. The standard InChI is InChI=1S/C12H26N4O.2ClH/c1-4-15-7-9-16(10-8-15)11-12(17)14(3)6-5-13-2;;/h13H,4-11H2,1-3H3;2*1H. The van der Waals surface area contributed by atoms with Crippen LogP contribution in [0.4, 0.5) is 0 Å². The van der Waals surface area contributed by atoms with Gasteiger partial charge in [0.1, 0.15) is 0 Å². The maximum Gasteiger partial charge on any atom is 0.236 e. The summed E-state index contributed by atoms with van der Waals surface area (Å²) in [5.74, 6) is 0.227. The number of piperazine rings is 1. The minimum Gasteiger partial charge on any atom is -0.343 e. The van der Waals surface area contributed by atoms with Gasteiger partial charge in [0.15, 0.2) is 0 Å². The third-order valence-electron chi connectivity index (χ3n) is 3.39. The Bertz CT molecular complexity index is 236. The van der Waals surface area contributed by atoms with Gasteiger partial charge in [-0.25, -0.2) is 0 Å². The Kier molecular flexibility index (Phi) is 13.1. The molecular weight excluding hydrogens is 287 g/mol. The van der Waals surface area contributed by atoms with Crippen molar-refractivity contribution in [3.8, 4) is 0 Å². The summed E-state index contributed by atoms with van der Waals surface area (Å²) in [5.41, 5.74) is 0. The average molecular weight is 315 g/mol. The van der Waals surface area contributed by atoms with Crippen LogP contribution in [0.25, 0.3) is 0 Å². The van der Waals surface area contributed by atoms with E-state index in [1.54, 1.807) is 0 Å². The predicted octanol–water partition coefficient (Wildman–Crippen LogP) is 0.145. The van der Waals surface area contributed by atoms with Gasteiger partial charge in [-0.1, -0.05) is 6.92 Å². The smallest absolute Gasteiger partial charge is 0.236 e. The van der Waals surface area contributed by atoms with Gasteiger partial charge in [-0.05, 0) is 13.6 Å². The van der Waals surface area contributed by atoms with Gasteiger partial charge in [0.25, 0.3) is 0 Å². The van der Waals surface area contributed by atoms with Crippen molar-refractivity contribution in [2.75, 3.05) is 66.5 Å². The van der Waals surface area contributed by atoms with E-state index in [-0.39, 0.29) is 30.7 Å². The number of nitrogens with one attached hydrogen (secondary N) is 1. The van der Waals surface area contributed by atoms with Crippen LogP contribution in [-0.4, -0.2) is 87.1 Å². The van der Waals surface area contributed by atoms with E-state index in [2.05, 4.69) is 22.0 Å². The molecule has 1 aliphatic rings. The van der Waals surface area contributed by atoms with Crippen molar-refractivity contribution in [1.82, 2.24) is 20.0 Å². The molecule has 0 spiro atoms. The van der Waals surface area contributed by atoms with Gasteiger partial charge in [-0.2, -0.15) is 0 Å².